The Morgan fingerprint density at radius 1 is 0.288 bits per heavy atom. The Hall–Kier alpha value is -4.26. The van der Waals surface area contributed by atoms with E-state index in [0.717, 1.165) is 22.3 Å². The lowest BCUT2D eigenvalue weighted by molar-refractivity contribution is 0.565. The first-order chi connectivity index (χ1) is 25.7. The number of rotatable bonds is 20. The van der Waals surface area contributed by atoms with Gasteiger partial charge in [0.1, 0.15) is 0 Å². The van der Waals surface area contributed by atoms with Crippen LogP contribution in [0.25, 0.3) is 21.5 Å². The van der Waals surface area contributed by atoms with Gasteiger partial charge in [-0.25, -0.2) is 0 Å². The molecule has 5 aromatic carbocycles. The maximum Gasteiger partial charge on any atom is 0.0255 e. The summed E-state index contributed by atoms with van der Waals surface area (Å²) < 4.78 is 0. The van der Waals surface area contributed by atoms with Crippen LogP contribution in [0.2, 0.25) is 0 Å². The molecule has 5 aromatic rings. The fourth-order valence-electron chi connectivity index (χ4n) is 7.23. The lowest BCUT2D eigenvalue weighted by Crippen LogP contribution is -1.87. The zero-order valence-electron chi connectivity index (χ0n) is 32.4. The van der Waals surface area contributed by atoms with E-state index in [1.807, 2.05) is 0 Å². The van der Waals surface area contributed by atoms with Gasteiger partial charge in [-0.2, -0.15) is 0 Å². The second kappa shape index (κ2) is 22.6. The lowest BCUT2D eigenvalue weighted by atomic mass is 10.00. The average molecular weight is 687 g/mol. The van der Waals surface area contributed by atoms with E-state index < -0.39 is 0 Å². The van der Waals surface area contributed by atoms with Crippen molar-refractivity contribution in [1.82, 2.24) is 0 Å². The van der Waals surface area contributed by atoms with E-state index in [1.54, 1.807) is 0 Å². The van der Waals surface area contributed by atoms with Crippen LogP contribution in [0.4, 0.5) is 0 Å². The Kier molecular flexibility index (Phi) is 17.0. The molecule has 0 aromatic heterocycles. The van der Waals surface area contributed by atoms with Crippen molar-refractivity contribution in [3.63, 3.8) is 0 Å². The third kappa shape index (κ3) is 13.7. The molecule has 0 aliphatic carbocycles. The Morgan fingerprint density at radius 3 is 0.962 bits per heavy atom. The molecule has 0 bridgehead atoms. The summed E-state index contributed by atoms with van der Waals surface area (Å²) in [6.07, 6.45) is 27.1. The van der Waals surface area contributed by atoms with E-state index in [1.165, 1.54) is 161 Å². The van der Waals surface area contributed by atoms with E-state index >= 15 is 0 Å². The number of fused-ring (bicyclic) bond motifs is 2. The average Bonchev–Trinajstić information content (AvgIpc) is 3.18. The van der Waals surface area contributed by atoms with Crippen LogP contribution in [-0.4, -0.2) is 0 Å². The highest BCUT2D eigenvalue weighted by atomic mass is 14.1. The molecule has 0 heteroatoms. The summed E-state index contributed by atoms with van der Waals surface area (Å²) in [5, 5.41) is 4.90. The van der Waals surface area contributed by atoms with E-state index in [0.29, 0.717) is 0 Å². The standard InChI is InChI=1S/C52H62/c1-3-5-7-9-11-13-15-17-19-21-43-23-27-45(28-24-43)31-33-47-35-37-49-42-52-40-48(36-38-50(52)41-51(49)39-47)34-32-46-29-25-44(26-30-46)22-20-18-16-14-12-10-8-6-4-2/h23-30,35-42H,3-22H2,1-2H3. The van der Waals surface area contributed by atoms with Crippen molar-refractivity contribution in [3.8, 4) is 23.7 Å². The third-order valence-corrected chi connectivity index (χ3v) is 10.5. The van der Waals surface area contributed by atoms with Crippen LogP contribution >= 0.6 is 0 Å². The number of hydrogen-bond acceptors (Lipinski definition) is 0. The predicted molar refractivity (Wildman–Crippen MR) is 228 cm³/mol. The molecule has 0 aliphatic rings. The van der Waals surface area contributed by atoms with Gasteiger partial charge in [-0.3, -0.25) is 0 Å². The third-order valence-electron chi connectivity index (χ3n) is 10.5. The van der Waals surface area contributed by atoms with Crippen molar-refractivity contribution in [3.05, 3.63) is 130 Å². The predicted octanol–water partition coefficient (Wildman–Crippen LogP) is 14.9. The first kappa shape index (κ1) is 39.0. The molecule has 0 aliphatic heterocycles. The molecule has 0 nitrogen and oxygen atoms in total. The Balaban J connectivity index is 1.08. The van der Waals surface area contributed by atoms with Gasteiger partial charge in [0.05, 0.1) is 0 Å². The van der Waals surface area contributed by atoms with Crippen LogP contribution in [0.3, 0.4) is 0 Å². The molecule has 0 N–H and O–H groups in total. The summed E-state index contributed by atoms with van der Waals surface area (Å²) in [4.78, 5) is 0. The van der Waals surface area contributed by atoms with Crippen molar-refractivity contribution >= 4 is 21.5 Å². The number of hydrogen-bond donors (Lipinski definition) is 0. The van der Waals surface area contributed by atoms with Gasteiger partial charge < -0.3 is 0 Å². The van der Waals surface area contributed by atoms with Gasteiger partial charge in [0, 0.05) is 22.3 Å². The summed E-state index contributed by atoms with van der Waals surface area (Å²) in [6.45, 7) is 4.57. The van der Waals surface area contributed by atoms with E-state index in [2.05, 4.69) is 135 Å². The van der Waals surface area contributed by atoms with Gasteiger partial charge in [0.15, 0.2) is 0 Å². The molecule has 0 radical (unpaired) electrons. The van der Waals surface area contributed by atoms with Crippen LogP contribution in [0.15, 0.2) is 97.1 Å². The minimum Gasteiger partial charge on any atom is -0.0654 e. The molecule has 0 saturated heterocycles. The largest absolute Gasteiger partial charge is 0.0654 e. The fourth-order valence-corrected chi connectivity index (χ4v) is 7.23. The van der Waals surface area contributed by atoms with Crippen LogP contribution in [0.5, 0.6) is 0 Å². The smallest absolute Gasteiger partial charge is 0.0255 e. The SMILES string of the molecule is CCCCCCCCCCCc1ccc(C#Cc2ccc3cc4cc(C#Cc5ccc(CCCCCCCCCCC)cc5)ccc4cc3c2)cc1. The Bertz CT molecular complexity index is 1760. The molecule has 52 heavy (non-hydrogen) atoms. The Morgan fingerprint density at radius 2 is 0.596 bits per heavy atom. The normalized spacial score (nSPS) is 11.0. The summed E-state index contributed by atoms with van der Waals surface area (Å²) >= 11 is 0. The summed E-state index contributed by atoms with van der Waals surface area (Å²) in [5.74, 6) is 13.6. The van der Waals surface area contributed by atoms with Gasteiger partial charge >= 0.3 is 0 Å². The van der Waals surface area contributed by atoms with Crippen molar-refractivity contribution < 1.29 is 0 Å². The molecule has 0 amide bonds. The van der Waals surface area contributed by atoms with Gasteiger partial charge in [0.25, 0.3) is 0 Å². The molecule has 270 valence electrons. The highest BCUT2D eigenvalue weighted by Crippen LogP contribution is 2.25. The van der Waals surface area contributed by atoms with Crippen molar-refractivity contribution in [2.45, 2.75) is 142 Å². The highest BCUT2D eigenvalue weighted by molar-refractivity contribution is 5.99. The second-order valence-electron chi connectivity index (χ2n) is 15.0. The topological polar surface area (TPSA) is 0 Å². The summed E-state index contributed by atoms with van der Waals surface area (Å²) in [5.41, 5.74) is 7.10. The molecule has 0 spiro atoms. The van der Waals surface area contributed by atoms with Crippen LogP contribution in [0.1, 0.15) is 163 Å². The molecular formula is C52H62. The molecule has 0 unspecified atom stereocenters. The van der Waals surface area contributed by atoms with Crippen molar-refractivity contribution in [1.29, 1.82) is 0 Å². The fraction of sp³-hybridized carbons (Fsp3) is 0.423. The van der Waals surface area contributed by atoms with Gasteiger partial charge in [-0.1, -0.05) is 177 Å². The lowest BCUT2D eigenvalue weighted by Gasteiger charge is -2.04. The van der Waals surface area contributed by atoms with Crippen LogP contribution < -0.4 is 0 Å². The summed E-state index contributed by atoms with van der Waals surface area (Å²) in [7, 11) is 0. The van der Waals surface area contributed by atoms with Gasteiger partial charge in [0.2, 0.25) is 0 Å². The number of benzene rings is 5. The van der Waals surface area contributed by atoms with Crippen LogP contribution in [0, 0.1) is 23.7 Å². The zero-order valence-corrected chi connectivity index (χ0v) is 32.4. The highest BCUT2D eigenvalue weighted by Gasteiger charge is 2.02. The number of aryl methyl sites for hydroxylation is 2. The quantitative estimate of drug-likeness (QED) is 0.0434. The summed E-state index contributed by atoms with van der Waals surface area (Å²) in [6, 6.07) is 35.4. The van der Waals surface area contributed by atoms with Crippen molar-refractivity contribution in [2.24, 2.45) is 0 Å². The molecule has 0 saturated carbocycles. The minimum atomic E-state index is 1.05. The molecule has 0 atom stereocenters. The molecule has 0 heterocycles. The van der Waals surface area contributed by atoms with Gasteiger partial charge in [-0.05, 0) is 119 Å². The molecule has 5 rings (SSSR count). The maximum absolute atomic E-state index is 3.41. The monoisotopic (exact) mass is 686 g/mol. The second-order valence-corrected chi connectivity index (χ2v) is 15.0. The zero-order chi connectivity index (χ0) is 36.1. The maximum atomic E-state index is 3.41. The van der Waals surface area contributed by atoms with E-state index in [9.17, 15) is 0 Å². The molecular weight excluding hydrogens is 625 g/mol. The first-order valence-corrected chi connectivity index (χ1v) is 20.9. The minimum absolute atomic E-state index is 1.05. The number of unbranched alkanes of at least 4 members (excludes halogenated alkanes) is 16. The van der Waals surface area contributed by atoms with Crippen LogP contribution in [-0.2, 0) is 12.8 Å². The van der Waals surface area contributed by atoms with E-state index in [4.69, 9.17) is 0 Å². The van der Waals surface area contributed by atoms with E-state index in [-0.39, 0.29) is 0 Å². The Labute approximate surface area is 316 Å². The first-order valence-electron chi connectivity index (χ1n) is 20.9. The molecule has 0 fully saturated rings. The van der Waals surface area contributed by atoms with Crippen molar-refractivity contribution in [2.75, 3.05) is 0 Å². The van der Waals surface area contributed by atoms with Gasteiger partial charge in [-0.15, -0.1) is 0 Å².